The lowest BCUT2D eigenvalue weighted by atomic mass is 10.2. The summed E-state index contributed by atoms with van der Waals surface area (Å²) < 4.78 is 0. The van der Waals surface area contributed by atoms with E-state index in [0.717, 1.165) is 6.07 Å². The summed E-state index contributed by atoms with van der Waals surface area (Å²) in [5, 5.41) is 24.7. The fourth-order valence-electron chi connectivity index (χ4n) is 1.28. The molecule has 0 aromatic heterocycles. The number of nitro groups is 1. The van der Waals surface area contributed by atoms with Crippen LogP contribution < -0.4 is 10.6 Å². The number of nitriles is 1. The Morgan fingerprint density at radius 1 is 1.60 bits per heavy atom. The molecular weight excluding hydrogens is 284 g/mol. The van der Waals surface area contributed by atoms with Crippen molar-refractivity contribution in [2.24, 2.45) is 0 Å². The quantitative estimate of drug-likeness (QED) is 0.374. The molecule has 1 amide bonds. The van der Waals surface area contributed by atoms with E-state index in [4.69, 9.17) is 16.9 Å². The van der Waals surface area contributed by atoms with Gasteiger partial charge in [0.05, 0.1) is 4.92 Å². The van der Waals surface area contributed by atoms with Crippen LogP contribution >= 0.6 is 11.6 Å². The summed E-state index contributed by atoms with van der Waals surface area (Å²) in [7, 11) is 0. The zero-order valence-electron chi connectivity index (χ0n) is 10.5. The smallest absolute Gasteiger partial charge is 0.289 e. The van der Waals surface area contributed by atoms with Crippen molar-refractivity contribution in [3.63, 3.8) is 0 Å². The summed E-state index contributed by atoms with van der Waals surface area (Å²) in [5.74, 6) is -0.662. The maximum Gasteiger partial charge on any atom is 0.289 e. The summed E-state index contributed by atoms with van der Waals surface area (Å²) in [6.45, 7) is 2.37. The molecule has 20 heavy (non-hydrogen) atoms. The van der Waals surface area contributed by atoms with E-state index in [1.807, 2.05) is 6.92 Å². The Morgan fingerprint density at radius 3 is 2.85 bits per heavy atom. The third-order valence-electron chi connectivity index (χ3n) is 2.22. The molecule has 0 aliphatic carbocycles. The van der Waals surface area contributed by atoms with Crippen LogP contribution in [0.15, 0.2) is 30.0 Å². The second-order valence-corrected chi connectivity index (χ2v) is 4.01. The van der Waals surface area contributed by atoms with Crippen LogP contribution in [0.1, 0.15) is 6.92 Å². The first-order chi connectivity index (χ1) is 9.49. The van der Waals surface area contributed by atoms with Crippen molar-refractivity contribution in [1.29, 1.82) is 5.26 Å². The van der Waals surface area contributed by atoms with Crippen molar-refractivity contribution in [1.82, 2.24) is 5.32 Å². The Labute approximate surface area is 120 Å². The molecule has 2 N–H and O–H groups in total. The summed E-state index contributed by atoms with van der Waals surface area (Å²) in [5.41, 5.74) is -0.271. The molecule has 1 aromatic rings. The van der Waals surface area contributed by atoms with Crippen LogP contribution in [0.3, 0.4) is 0 Å². The average Bonchev–Trinajstić information content (AvgIpc) is 2.41. The molecule has 7 nitrogen and oxygen atoms in total. The fourth-order valence-corrected chi connectivity index (χ4v) is 1.47. The minimum Gasteiger partial charge on any atom is -0.390 e. The highest BCUT2D eigenvalue weighted by molar-refractivity contribution is 6.32. The Bertz CT molecular complexity index is 607. The fraction of sp³-hybridized carbons (Fsp3) is 0.167. The molecule has 8 heteroatoms. The van der Waals surface area contributed by atoms with Gasteiger partial charge in [0.15, 0.2) is 0 Å². The Morgan fingerprint density at radius 2 is 2.30 bits per heavy atom. The molecule has 0 heterocycles. The second kappa shape index (κ2) is 7.11. The summed E-state index contributed by atoms with van der Waals surface area (Å²) in [6, 6.07) is 5.57. The number of hydrogen-bond acceptors (Lipinski definition) is 5. The molecule has 104 valence electrons. The van der Waals surface area contributed by atoms with Crippen molar-refractivity contribution in [2.75, 3.05) is 11.9 Å². The van der Waals surface area contributed by atoms with Gasteiger partial charge in [-0.25, -0.2) is 0 Å². The van der Waals surface area contributed by atoms with Gasteiger partial charge in [0, 0.05) is 24.5 Å². The molecular formula is C12H11ClN4O3. The number of anilines is 1. The molecule has 0 atom stereocenters. The SMILES string of the molecule is CCN/C=C(/C#N)C(=O)Nc1ccc(Cl)c([N+](=O)[O-])c1. The number of halogens is 1. The van der Waals surface area contributed by atoms with Crippen LogP contribution in [0, 0.1) is 21.4 Å². The highest BCUT2D eigenvalue weighted by atomic mass is 35.5. The van der Waals surface area contributed by atoms with Crippen molar-refractivity contribution in [2.45, 2.75) is 6.92 Å². The molecule has 0 unspecified atom stereocenters. The van der Waals surface area contributed by atoms with Gasteiger partial charge in [-0.15, -0.1) is 0 Å². The largest absolute Gasteiger partial charge is 0.390 e. The summed E-state index contributed by atoms with van der Waals surface area (Å²) >= 11 is 5.66. The Hall–Kier alpha value is -2.59. The van der Waals surface area contributed by atoms with Gasteiger partial charge in [-0.1, -0.05) is 11.6 Å². The first-order valence-corrected chi connectivity index (χ1v) is 5.96. The Balaban J connectivity index is 2.94. The number of benzene rings is 1. The van der Waals surface area contributed by atoms with Crippen LogP contribution in [0.25, 0.3) is 0 Å². The average molecular weight is 295 g/mol. The molecule has 1 rings (SSSR count). The molecule has 0 fully saturated rings. The van der Waals surface area contributed by atoms with Gasteiger partial charge in [-0.3, -0.25) is 14.9 Å². The van der Waals surface area contributed by atoms with Gasteiger partial charge in [-0.05, 0) is 19.1 Å². The van der Waals surface area contributed by atoms with Crippen molar-refractivity contribution >= 4 is 28.9 Å². The van der Waals surface area contributed by atoms with Crippen molar-refractivity contribution < 1.29 is 9.72 Å². The number of nitrogens with zero attached hydrogens (tertiary/aromatic N) is 2. The first-order valence-electron chi connectivity index (χ1n) is 5.58. The van der Waals surface area contributed by atoms with Crippen LogP contribution in [0.4, 0.5) is 11.4 Å². The highest BCUT2D eigenvalue weighted by Gasteiger charge is 2.15. The molecule has 0 bridgehead atoms. The van der Waals surface area contributed by atoms with Crippen LogP contribution in [-0.2, 0) is 4.79 Å². The van der Waals surface area contributed by atoms with Crippen LogP contribution in [0.2, 0.25) is 5.02 Å². The number of amides is 1. The van der Waals surface area contributed by atoms with Gasteiger partial charge in [0.1, 0.15) is 16.7 Å². The van der Waals surface area contributed by atoms with E-state index in [1.165, 1.54) is 18.3 Å². The third kappa shape index (κ3) is 3.96. The summed E-state index contributed by atoms with van der Waals surface area (Å²) in [6.07, 6.45) is 1.28. The van der Waals surface area contributed by atoms with E-state index in [1.54, 1.807) is 6.07 Å². The van der Waals surface area contributed by atoms with E-state index in [9.17, 15) is 14.9 Å². The van der Waals surface area contributed by atoms with E-state index in [-0.39, 0.29) is 22.0 Å². The van der Waals surface area contributed by atoms with Gasteiger partial charge < -0.3 is 10.6 Å². The molecule has 0 saturated carbocycles. The number of nitrogens with one attached hydrogen (secondary N) is 2. The molecule has 0 radical (unpaired) electrons. The second-order valence-electron chi connectivity index (χ2n) is 3.60. The van der Waals surface area contributed by atoms with Crippen molar-refractivity contribution in [3.05, 3.63) is 45.1 Å². The van der Waals surface area contributed by atoms with Crippen LogP contribution in [-0.4, -0.2) is 17.4 Å². The molecule has 0 aliphatic rings. The molecule has 0 spiro atoms. The number of hydrogen-bond donors (Lipinski definition) is 2. The number of carbonyl (C=O) groups is 1. The predicted molar refractivity (Wildman–Crippen MR) is 74.1 cm³/mol. The Kier molecular flexibility index (Phi) is 5.50. The monoisotopic (exact) mass is 294 g/mol. The number of nitro benzene ring substituents is 1. The minimum atomic E-state index is -0.662. The first kappa shape index (κ1) is 15.5. The number of rotatable bonds is 5. The highest BCUT2D eigenvalue weighted by Crippen LogP contribution is 2.27. The zero-order valence-corrected chi connectivity index (χ0v) is 11.3. The van der Waals surface area contributed by atoms with Gasteiger partial charge in [0.2, 0.25) is 0 Å². The van der Waals surface area contributed by atoms with E-state index in [0.29, 0.717) is 6.54 Å². The van der Waals surface area contributed by atoms with Crippen molar-refractivity contribution in [3.8, 4) is 6.07 Å². The zero-order chi connectivity index (χ0) is 15.1. The lowest BCUT2D eigenvalue weighted by Crippen LogP contribution is -2.16. The normalized spacial score (nSPS) is 10.6. The van der Waals surface area contributed by atoms with Gasteiger partial charge in [0.25, 0.3) is 11.6 Å². The lowest BCUT2D eigenvalue weighted by Gasteiger charge is -2.05. The topological polar surface area (TPSA) is 108 Å². The lowest BCUT2D eigenvalue weighted by molar-refractivity contribution is -0.384. The van der Waals surface area contributed by atoms with Crippen LogP contribution in [0.5, 0.6) is 0 Å². The van der Waals surface area contributed by atoms with E-state index >= 15 is 0 Å². The summed E-state index contributed by atoms with van der Waals surface area (Å²) in [4.78, 5) is 21.8. The molecule has 0 aliphatic heterocycles. The predicted octanol–water partition coefficient (Wildman–Crippen LogP) is 2.20. The van der Waals surface area contributed by atoms with Gasteiger partial charge in [-0.2, -0.15) is 5.26 Å². The molecule has 1 aromatic carbocycles. The minimum absolute atomic E-state index is 0.0308. The van der Waals surface area contributed by atoms with Gasteiger partial charge >= 0.3 is 0 Å². The maximum atomic E-state index is 11.8. The maximum absolute atomic E-state index is 11.8. The van der Waals surface area contributed by atoms with E-state index in [2.05, 4.69) is 10.6 Å². The third-order valence-corrected chi connectivity index (χ3v) is 2.54. The van der Waals surface area contributed by atoms with E-state index < -0.39 is 10.8 Å². The molecule has 0 saturated heterocycles. The standard InChI is InChI=1S/C12H11ClN4O3/c1-2-15-7-8(6-14)12(18)16-9-3-4-10(13)11(5-9)17(19)20/h3-5,7,15H,2H2,1H3,(H,16,18)/b8-7-. The number of carbonyl (C=O) groups excluding carboxylic acids is 1.